The van der Waals surface area contributed by atoms with Crippen molar-refractivity contribution in [2.45, 2.75) is 0 Å². The van der Waals surface area contributed by atoms with Gasteiger partial charge in [0, 0.05) is 14.1 Å². The molecule has 0 radical (unpaired) electrons. The first-order chi connectivity index (χ1) is 4.15. The molecule has 0 amide bonds. The molecule has 1 aliphatic heterocycles. The van der Waals surface area contributed by atoms with Gasteiger partial charge in [0.1, 0.15) is 12.8 Å². The fourth-order valence-electron chi connectivity index (χ4n) is 0.391. The number of nitrogens with zero attached hydrogens (tertiary/aromatic N) is 5. The Balaban J connectivity index is 2.75. The van der Waals surface area contributed by atoms with Crippen LogP contribution in [0, 0.1) is 0 Å². The van der Waals surface area contributed by atoms with Crippen molar-refractivity contribution in [3.05, 3.63) is 0 Å². The summed E-state index contributed by atoms with van der Waals surface area (Å²) < 4.78 is -0.139. The van der Waals surface area contributed by atoms with Crippen LogP contribution >= 0.6 is 12.8 Å². The van der Waals surface area contributed by atoms with Gasteiger partial charge >= 0.3 is 0 Å². The van der Waals surface area contributed by atoms with Crippen LogP contribution < -0.4 is 0 Å². The molecule has 0 aliphatic carbocycles. The van der Waals surface area contributed by atoms with E-state index in [0.717, 1.165) is 0 Å². The van der Waals surface area contributed by atoms with Gasteiger partial charge < -0.3 is 0 Å². The van der Waals surface area contributed by atoms with Crippen molar-refractivity contribution < 1.29 is 4.22 Å². The SMILES string of the molecule is CN(C)[N+]1(S)N=CN=N1. The van der Waals surface area contributed by atoms with Crippen LogP contribution in [0.25, 0.3) is 0 Å². The van der Waals surface area contributed by atoms with E-state index in [-0.39, 0.29) is 4.22 Å². The average Bonchev–Trinajstić information content (AvgIpc) is 2.16. The Hall–Kier alpha value is -0.460. The highest BCUT2D eigenvalue weighted by molar-refractivity contribution is 7.74. The maximum atomic E-state index is 4.08. The van der Waals surface area contributed by atoms with E-state index < -0.39 is 0 Å². The molecule has 0 saturated heterocycles. The fraction of sp³-hybridized carbons (Fsp3) is 0.667. The summed E-state index contributed by atoms with van der Waals surface area (Å²) in [6.45, 7) is 0. The largest absolute Gasteiger partial charge is 0.205 e. The van der Waals surface area contributed by atoms with E-state index in [4.69, 9.17) is 0 Å². The van der Waals surface area contributed by atoms with Gasteiger partial charge in [0.05, 0.1) is 9.44 Å². The van der Waals surface area contributed by atoms with Crippen molar-refractivity contribution in [1.29, 1.82) is 0 Å². The summed E-state index contributed by atoms with van der Waals surface area (Å²) in [5.74, 6) is 0. The Morgan fingerprint density at radius 3 is 2.44 bits per heavy atom. The van der Waals surface area contributed by atoms with Gasteiger partial charge in [-0.05, 0) is 5.10 Å². The molecule has 1 rings (SSSR count). The smallest absolute Gasteiger partial charge is 0.0944 e. The molecule has 1 heterocycles. The normalized spacial score (nSPS) is 32.4. The molecule has 1 unspecified atom stereocenters. The molecule has 0 aromatic rings. The predicted octanol–water partition coefficient (Wildman–Crippen LogP) is 0.449. The first kappa shape index (κ1) is 6.66. The highest BCUT2D eigenvalue weighted by Crippen LogP contribution is 2.18. The van der Waals surface area contributed by atoms with Crippen molar-refractivity contribution in [3.63, 3.8) is 0 Å². The van der Waals surface area contributed by atoms with Gasteiger partial charge in [0.2, 0.25) is 6.34 Å². The third-order valence-electron chi connectivity index (χ3n) is 0.966. The van der Waals surface area contributed by atoms with Gasteiger partial charge in [-0.2, -0.15) is 0 Å². The summed E-state index contributed by atoms with van der Waals surface area (Å²) in [5.41, 5.74) is 0. The number of thiol groups is 1. The van der Waals surface area contributed by atoms with Crippen molar-refractivity contribution in [2.75, 3.05) is 14.1 Å². The minimum absolute atomic E-state index is 0.139. The zero-order valence-corrected chi connectivity index (χ0v) is 6.16. The summed E-state index contributed by atoms with van der Waals surface area (Å²) in [7, 11) is 3.63. The molecule has 1 aliphatic rings. The van der Waals surface area contributed by atoms with Gasteiger partial charge in [-0.3, -0.25) is 0 Å². The summed E-state index contributed by atoms with van der Waals surface area (Å²) in [4.78, 5) is 0. The quantitative estimate of drug-likeness (QED) is 0.423. The molecule has 0 fully saturated rings. The van der Waals surface area contributed by atoms with E-state index in [1.807, 2.05) is 14.1 Å². The van der Waals surface area contributed by atoms with Crippen molar-refractivity contribution in [2.24, 2.45) is 15.4 Å². The second-order valence-corrected chi connectivity index (χ2v) is 2.36. The lowest BCUT2D eigenvalue weighted by molar-refractivity contribution is -0.922. The van der Waals surface area contributed by atoms with Crippen LogP contribution in [0.2, 0.25) is 0 Å². The van der Waals surface area contributed by atoms with E-state index in [0.29, 0.717) is 0 Å². The average molecular weight is 146 g/mol. The summed E-state index contributed by atoms with van der Waals surface area (Å²) in [5, 5.41) is 12.8. The second-order valence-electron chi connectivity index (χ2n) is 1.82. The van der Waals surface area contributed by atoms with Gasteiger partial charge in [-0.15, -0.1) is 0 Å². The Morgan fingerprint density at radius 2 is 2.22 bits per heavy atom. The van der Waals surface area contributed by atoms with Crippen LogP contribution in [0.15, 0.2) is 15.4 Å². The lowest BCUT2D eigenvalue weighted by Gasteiger charge is -2.17. The van der Waals surface area contributed by atoms with Crippen molar-refractivity contribution in [1.82, 2.24) is 5.01 Å². The van der Waals surface area contributed by atoms with E-state index in [1.165, 1.54) is 6.34 Å². The summed E-state index contributed by atoms with van der Waals surface area (Å²) in [6.07, 6.45) is 1.37. The van der Waals surface area contributed by atoms with Gasteiger partial charge in [-0.25, -0.2) is 0 Å². The first-order valence-corrected chi connectivity index (χ1v) is 2.81. The maximum absolute atomic E-state index is 4.08. The minimum Gasteiger partial charge on any atom is -0.0944 e. The molecule has 0 aromatic carbocycles. The molecule has 0 aromatic heterocycles. The van der Waals surface area contributed by atoms with E-state index in [1.54, 1.807) is 5.01 Å². The van der Waals surface area contributed by atoms with Crippen LogP contribution in [-0.2, 0) is 0 Å². The standard InChI is InChI=1S/C3H8N5S/c1-7(2)8(9)5-3-4-6-8/h3,9H,1-2H3/q+1. The van der Waals surface area contributed by atoms with Crippen LogP contribution in [0.3, 0.4) is 0 Å². The molecule has 9 heavy (non-hydrogen) atoms. The Labute approximate surface area is 58.7 Å². The maximum Gasteiger partial charge on any atom is 0.205 e. The molecule has 1 atom stereocenters. The first-order valence-electron chi connectivity index (χ1n) is 2.41. The summed E-state index contributed by atoms with van der Waals surface area (Å²) >= 11 is 4.08. The molecule has 0 N–H and O–H groups in total. The van der Waals surface area contributed by atoms with E-state index >= 15 is 0 Å². The third-order valence-corrected chi connectivity index (χ3v) is 1.51. The molecular weight excluding hydrogens is 138 g/mol. The number of rotatable bonds is 1. The number of hydrogen-bond acceptors (Lipinski definition) is 5. The zero-order chi connectivity index (χ0) is 6.91. The number of quaternary nitrogens is 1. The van der Waals surface area contributed by atoms with Crippen LogP contribution in [0.4, 0.5) is 0 Å². The Morgan fingerprint density at radius 1 is 1.56 bits per heavy atom. The third kappa shape index (κ3) is 1.09. The molecule has 0 bridgehead atoms. The van der Waals surface area contributed by atoms with Gasteiger partial charge in [-0.1, -0.05) is 10.1 Å². The molecular formula is C3H8N5S+. The van der Waals surface area contributed by atoms with Crippen molar-refractivity contribution in [3.8, 4) is 0 Å². The van der Waals surface area contributed by atoms with E-state index in [2.05, 4.69) is 28.3 Å². The lowest BCUT2D eigenvalue weighted by atomic mass is 11.2. The van der Waals surface area contributed by atoms with Crippen LogP contribution in [0.1, 0.15) is 0 Å². The Kier molecular flexibility index (Phi) is 1.52. The molecule has 0 spiro atoms. The highest BCUT2D eigenvalue weighted by Gasteiger charge is 2.30. The zero-order valence-electron chi connectivity index (χ0n) is 5.26. The second kappa shape index (κ2) is 2.05. The molecule has 5 nitrogen and oxygen atoms in total. The van der Waals surface area contributed by atoms with Crippen molar-refractivity contribution >= 4 is 19.2 Å². The molecule has 50 valence electrons. The van der Waals surface area contributed by atoms with E-state index in [9.17, 15) is 0 Å². The molecule has 0 saturated carbocycles. The molecule has 6 heteroatoms. The van der Waals surface area contributed by atoms with Crippen LogP contribution in [0.5, 0.6) is 0 Å². The number of hydrogen-bond donors (Lipinski definition) is 1. The Bertz CT molecular complexity index is 150. The fourth-order valence-corrected chi connectivity index (χ4v) is 0.484. The highest BCUT2D eigenvalue weighted by atomic mass is 32.1. The van der Waals surface area contributed by atoms with Gasteiger partial charge in [0.15, 0.2) is 0 Å². The predicted molar refractivity (Wildman–Crippen MR) is 36.3 cm³/mol. The van der Waals surface area contributed by atoms with Gasteiger partial charge in [0.25, 0.3) is 0 Å². The monoisotopic (exact) mass is 146 g/mol. The van der Waals surface area contributed by atoms with Crippen LogP contribution in [-0.4, -0.2) is 29.7 Å². The topological polar surface area (TPSA) is 40.3 Å². The minimum atomic E-state index is -0.139. The lowest BCUT2D eigenvalue weighted by Crippen LogP contribution is -2.38. The summed E-state index contributed by atoms with van der Waals surface area (Å²) in [6, 6.07) is 0.